The largest absolute Gasteiger partial charge is 0.207 e. The van der Waals surface area contributed by atoms with E-state index < -0.39 is 22.3 Å². The van der Waals surface area contributed by atoms with Crippen LogP contribution in [0.5, 0.6) is 0 Å². The summed E-state index contributed by atoms with van der Waals surface area (Å²) in [5.74, 6) is -2.30. The van der Waals surface area contributed by atoms with E-state index in [2.05, 4.69) is 36.7 Å². The summed E-state index contributed by atoms with van der Waals surface area (Å²) in [4.78, 5) is -0.452. The molecule has 0 fully saturated rings. The first-order valence-electron chi connectivity index (χ1n) is 5.91. The Labute approximate surface area is 115 Å². The van der Waals surface area contributed by atoms with Crippen LogP contribution >= 0.6 is 15.9 Å². The molecule has 0 nitrogen and oxygen atoms in total. The monoisotopic (exact) mass is 322 g/mol. The molecule has 0 saturated carbocycles. The van der Waals surface area contributed by atoms with Crippen molar-refractivity contribution in [3.63, 3.8) is 0 Å². The maximum atomic E-state index is 13.6. The lowest BCUT2D eigenvalue weighted by atomic mass is 9.79. The Balaban J connectivity index is 2.95. The molecule has 102 valence electrons. The summed E-state index contributed by atoms with van der Waals surface area (Å²) in [6.45, 7) is 8.27. The van der Waals surface area contributed by atoms with Crippen LogP contribution in [0.2, 0.25) is 0 Å². The summed E-state index contributed by atoms with van der Waals surface area (Å²) < 4.78 is 40.0. The molecule has 2 atom stereocenters. The van der Waals surface area contributed by atoms with Crippen molar-refractivity contribution in [3.05, 3.63) is 35.1 Å². The molecule has 1 aromatic carbocycles. The average Bonchev–Trinajstić information content (AvgIpc) is 2.13. The second kappa shape index (κ2) is 5.64. The molecule has 0 aliphatic rings. The van der Waals surface area contributed by atoms with Crippen molar-refractivity contribution < 1.29 is 13.2 Å². The first-order chi connectivity index (χ1) is 8.12. The maximum absolute atomic E-state index is 13.6. The van der Waals surface area contributed by atoms with Crippen molar-refractivity contribution in [1.29, 1.82) is 0 Å². The predicted molar refractivity (Wildman–Crippen MR) is 71.2 cm³/mol. The summed E-state index contributed by atoms with van der Waals surface area (Å²) in [6.07, 6.45) is 0.586. The number of benzene rings is 1. The molecule has 0 radical (unpaired) electrons. The van der Waals surface area contributed by atoms with Gasteiger partial charge < -0.3 is 0 Å². The Morgan fingerprint density at radius 3 is 1.94 bits per heavy atom. The number of hydrogen-bond acceptors (Lipinski definition) is 0. The highest BCUT2D eigenvalue weighted by Crippen LogP contribution is 2.39. The second-order valence-electron chi connectivity index (χ2n) is 5.75. The van der Waals surface area contributed by atoms with Gasteiger partial charge in [-0.05, 0) is 17.8 Å². The summed E-state index contributed by atoms with van der Waals surface area (Å²) in [6, 6.07) is 1.43. The molecule has 0 aliphatic heterocycles. The third-order valence-electron chi connectivity index (χ3n) is 3.40. The SMILES string of the molecule is CC(CC(Br)c1c(F)cc(F)cc1F)C(C)(C)C. The van der Waals surface area contributed by atoms with Crippen molar-refractivity contribution in [1.82, 2.24) is 0 Å². The third-order valence-corrected chi connectivity index (χ3v) is 4.23. The topological polar surface area (TPSA) is 0 Å². The van der Waals surface area contributed by atoms with E-state index in [0.29, 0.717) is 18.6 Å². The van der Waals surface area contributed by atoms with E-state index in [-0.39, 0.29) is 16.9 Å². The predicted octanol–water partition coefficient (Wildman–Crippen LogP) is 5.61. The van der Waals surface area contributed by atoms with E-state index in [1.165, 1.54) is 0 Å². The minimum absolute atomic E-state index is 0.0546. The molecule has 0 aliphatic carbocycles. The third kappa shape index (κ3) is 3.74. The van der Waals surface area contributed by atoms with Crippen LogP contribution in [0.3, 0.4) is 0 Å². The van der Waals surface area contributed by atoms with Gasteiger partial charge in [0.2, 0.25) is 0 Å². The first kappa shape index (κ1) is 15.5. The average molecular weight is 323 g/mol. The minimum Gasteiger partial charge on any atom is -0.207 e. The lowest BCUT2D eigenvalue weighted by Gasteiger charge is -2.29. The summed E-state index contributed by atoms with van der Waals surface area (Å²) >= 11 is 3.30. The van der Waals surface area contributed by atoms with Crippen LogP contribution in [0.15, 0.2) is 12.1 Å². The van der Waals surface area contributed by atoms with Gasteiger partial charge in [0.25, 0.3) is 0 Å². The fraction of sp³-hybridized carbons (Fsp3) is 0.571. The second-order valence-corrected chi connectivity index (χ2v) is 6.86. The zero-order valence-corrected chi connectivity index (χ0v) is 12.6. The molecule has 18 heavy (non-hydrogen) atoms. The van der Waals surface area contributed by atoms with E-state index in [0.717, 1.165) is 0 Å². The molecule has 0 bridgehead atoms. The van der Waals surface area contributed by atoms with Gasteiger partial charge in [0.05, 0.1) is 0 Å². The zero-order valence-electron chi connectivity index (χ0n) is 11.0. The summed E-state index contributed by atoms with van der Waals surface area (Å²) in [5, 5.41) is 0. The van der Waals surface area contributed by atoms with Gasteiger partial charge in [0.15, 0.2) is 0 Å². The highest BCUT2D eigenvalue weighted by Gasteiger charge is 2.26. The van der Waals surface area contributed by atoms with Gasteiger partial charge in [-0.3, -0.25) is 0 Å². The Bertz CT molecular complexity index is 401. The molecule has 0 heterocycles. The van der Waals surface area contributed by atoms with Crippen LogP contribution in [0, 0.1) is 28.8 Å². The fourth-order valence-electron chi connectivity index (χ4n) is 1.63. The number of alkyl halides is 1. The highest BCUT2D eigenvalue weighted by atomic mass is 79.9. The van der Waals surface area contributed by atoms with Gasteiger partial charge in [-0.1, -0.05) is 43.6 Å². The van der Waals surface area contributed by atoms with Crippen molar-refractivity contribution in [2.24, 2.45) is 11.3 Å². The number of halogens is 4. The molecule has 0 saturated heterocycles. The first-order valence-corrected chi connectivity index (χ1v) is 6.83. The van der Waals surface area contributed by atoms with E-state index in [1.807, 2.05) is 6.92 Å². The molecule has 4 heteroatoms. The zero-order chi connectivity index (χ0) is 14.1. The lowest BCUT2D eigenvalue weighted by molar-refractivity contribution is 0.245. The Hall–Kier alpha value is -0.510. The van der Waals surface area contributed by atoms with Gasteiger partial charge in [-0.2, -0.15) is 0 Å². The van der Waals surface area contributed by atoms with Gasteiger partial charge in [0.1, 0.15) is 17.5 Å². The van der Waals surface area contributed by atoms with Crippen molar-refractivity contribution in [2.75, 3.05) is 0 Å². The van der Waals surface area contributed by atoms with Crippen LogP contribution in [0.4, 0.5) is 13.2 Å². The Morgan fingerprint density at radius 2 is 1.56 bits per heavy atom. The highest BCUT2D eigenvalue weighted by molar-refractivity contribution is 9.09. The van der Waals surface area contributed by atoms with Gasteiger partial charge in [-0.25, -0.2) is 13.2 Å². The molecule has 0 aromatic heterocycles. The van der Waals surface area contributed by atoms with E-state index in [4.69, 9.17) is 0 Å². The normalized spacial score (nSPS) is 15.6. The van der Waals surface area contributed by atoms with Crippen molar-refractivity contribution in [2.45, 2.75) is 38.9 Å². The van der Waals surface area contributed by atoms with Gasteiger partial charge in [-0.15, -0.1) is 0 Å². The number of hydrogen-bond donors (Lipinski definition) is 0. The molecule has 1 aromatic rings. The molecule has 1 rings (SSSR count). The minimum atomic E-state index is -0.891. The Kier molecular flexibility index (Phi) is 4.87. The smallest absolute Gasteiger partial charge is 0.133 e. The van der Waals surface area contributed by atoms with Crippen molar-refractivity contribution in [3.8, 4) is 0 Å². The molecular formula is C14H18BrF3. The van der Waals surface area contributed by atoms with Crippen LogP contribution in [-0.2, 0) is 0 Å². The number of rotatable bonds is 3. The van der Waals surface area contributed by atoms with E-state index >= 15 is 0 Å². The quantitative estimate of drug-likeness (QED) is 0.634. The maximum Gasteiger partial charge on any atom is 0.133 e. The lowest BCUT2D eigenvalue weighted by Crippen LogP contribution is -2.19. The molecular weight excluding hydrogens is 305 g/mol. The Morgan fingerprint density at radius 1 is 1.11 bits per heavy atom. The van der Waals surface area contributed by atoms with E-state index in [9.17, 15) is 13.2 Å². The van der Waals surface area contributed by atoms with Gasteiger partial charge >= 0.3 is 0 Å². The van der Waals surface area contributed by atoms with Crippen LogP contribution < -0.4 is 0 Å². The van der Waals surface area contributed by atoms with Crippen LogP contribution in [0.1, 0.15) is 44.5 Å². The van der Waals surface area contributed by atoms with Crippen molar-refractivity contribution >= 4 is 15.9 Å². The summed E-state index contributed by atoms with van der Waals surface area (Å²) in [7, 11) is 0. The molecule has 0 amide bonds. The molecule has 2 unspecified atom stereocenters. The van der Waals surface area contributed by atoms with E-state index in [1.54, 1.807) is 0 Å². The van der Waals surface area contributed by atoms with Crippen LogP contribution in [0.25, 0.3) is 0 Å². The molecule has 0 N–H and O–H groups in total. The summed E-state index contributed by atoms with van der Waals surface area (Å²) in [5.41, 5.74) is -0.0357. The standard InChI is InChI=1S/C14H18BrF3/c1-8(14(2,3)4)5-10(15)13-11(17)6-9(16)7-12(13)18/h6-8,10H,5H2,1-4H3. The van der Waals surface area contributed by atoms with Crippen LogP contribution in [-0.4, -0.2) is 0 Å². The fourth-order valence-corrected chi connectivity index (χ4v) is 2.63. The molecule has 0 spiro atoms. The van der Waals surface area contributed by atoms with Gasteiger partial charge in [0, 0.05) is 22.5 Å².